The topological polar surface area (TPSA) is 49.3 Å². The molecule has 1 fully saturated rings. The maximum atomic E-state index is 11.2. The summed E-state index contributed by atoms with van der Waals surface area (Å²) in [7, 11) is 0. The third-order valence-corrected chi connectivity index (χ3v) is 5.15. The molecule has 0 bridgehead atoms. The highest BCUT2D eigenvalue weighted by molar-refractivity contribution is 8.01. The SMILES string of the molecule is CC1(C)SC(c2ccc(Cl)c(Cl)c2)N[C@H]1C(=O)O. The van der Waals surface area contributed by atoms with Crippen molar-refractivity contribution >= 4 is 40.9 Å². The van der Waals surface area contributed by atoms with Crippen molar-refractivity contribution in [3.05, 3.63) is 33.8 Å². The number of halogens is 2. The van der Waals surface area contributed by atoms with Crippen LogP contribution in [0.3, 0.4) is 0 Å². The van der Waals surface area contributed by atoms with Crippen LogP contribution in [0.25, 0.3) is 0 Å². The largest absolute Gasteiger partial charge is 0.480 e. The van der Waals surface area contributed by atoms with E-state index in [-0.39, 0.29) is 10.1 Å². The maximum absolute atomic E-state index is 11.2. The number of hydrogen-bond acceptors (Lipinski definition) is 3. The molecule has 0 saturated carbocycles. The predicted molar refractivity (Wildman–Crippen MR) is 75.4 cm³/mol. The van der Waals surface area contributed by atoms with Crippen LogP contribution in [0.1, 0.15) is 24.8 Å². The van der Waals surface area contributed by atoms with E-state index in [1.54, 1.807) is 23.9 Å². The lowest BCUT2D eigenvalue weighted by molar-refractivity contribution is -0.139. The fourth-order valence-electron chi connectivity index (χ4n) is 1.97. The molecule has 1 aliphatic heterocycles. The molecule has 1 heterocycles. The highest BCUT2D eigenvalue weighted by Crippen LogP contribution is 2.46. The Kier molecular flexibility index (Phi) is 3.83. The van der Waals surface area contributed by atoms with Gasteiger partial charge in [-0.25, -0.2) is 0 Å². The summed E-state index contributed by atoms with van der Waals surface area (Å²) in [5.74, 6) is -0.838. The van der Waals surface area contributed by atoms with Crippen molar-refractivity contribution in [2.24, 2.45) is 0 Å². The minimum atomic E-state index is -0.838. The van der Waals surface area contributed by atoms with Crippen LogP contribution >= 0.6 is 35.0 Å². The van der Waals surface area contributed by atoms with E-state index in [0.717, 1.165) is 5.56 Å². The first-order valence-electron chi connectivity index (χ1n) is 5.43. The second-order valence-electron chi connectivity index (χ2n) is 4.71. The summed E-state index contributed by atoms with van der Waals surface area (Å²) in [5.41, 5.74) is 0.936. The first kappa shape index (κ1) is 14.0. The molecule has 3 nitrogen and oxygen atoms in total. The second kappa shape index (κ2) is 4.93. The third kappa shape index (κ3) is 2.62. The molecule has 2 rings (SSSR count). The molecule has 6 heteroatoms. The van der Waals surface area contributed by atoms with Crippen molar-refractivity contribution in [1.82, 2.24) is 5.32 Å². The average molecular weight is 306 g/mol. The summed E-state index contributed by atoms with van der Waals surface area (Å²) in [5, 5.41) is 13.2. The molecule has 1 saturated heterocycles. The van der Waals surface area contributed by atoms with Crippen LogP contribution in [0.2, 0.25) is 10.0 Å². The Morgan fingerprint density at radius 3 is 2.56 bits per heavy atom. The first-order chi connectivity index (χ1) is 8.31. The number of thioether (sulfide) groups is 1. The molecule has 2 atom stereocenters. The summed E-state index contributed by atoms with van der Waals surface area (Å²) in [6.45, 7) is 3.84. The lowest BCUT2D eigenvalue weighted by Crippen LogP contribution is -2.43. The zero-order valence-electron chi connectivity index (χ0n) is 9.91. The van der Waals surface area contributed by atoms with Gasteiger partial charge in [-0.2, -0.15) is 0 Å². The van der Waals surface area contributed by atoms with Crippen molar-refractivity contribution in [2.75, 3.05) is 0 Å². The van der Waals surface area contributed by atoms with Crippen LogP contribution in [0.4, 0.5) is 0 Å². The smallest absolute Gasteiger partial charge is 0.322 e. The van der Waals surface area contributed by atoms with E-state index < -0.39 is 12.0 Å². The third-order valence-electron chi connectivity index (χ3n) is 2.93. The maximum Gasteiger partial charge on any atom is 0.322 e. The number of aliphatic carboxylic acids is 1. The van der Waals surface area contributed by atoms with Crippen LogP contribution in [-0.4, -0.2) is 21.9 Å². The summed E-state index contributed by atoms with van der Waals surface area (Å²) < 4.78 is -0.372. The summed E-state index contributed by atoms with van der Waals surface area (Å²) in [6.07, 6.45) is 0. The molecule has 0 spiro atoms. The van der Waals surface area contributed by atoms with Crippen LogP contribution in [-0.2, 0) is 4.79 Å². The van der Waals surface area contributed by atoms with Crippen molar-refractivity contribution in [2.45, 2.75) is 30.0 Å². The van der Waals surface area contributed by atoms with Gasteiger partial charge in [0.05, 0.1) is 15.4 Å². The van der Waals surface area contributed by atoms with Gasteiger partial charge in [0, 0.05) is 4.75 Å². The van der Waals surface area contributed by atoms with Crippen LogP contribution in [0.15, 0.2) is 18.2 Å². The molecule has 1 aromatic carbocycles. The van der Waals surface area contributed by atoms with Gasteiger partial charge in [0.1, 0.15) is 6.04 Å². The molecule has 98 valence electrons. The highest BCUT2D eigenvalue weighted by Gasteiger charge is 2.45. The number of benzene rings is 1. The van der Waals surface area contributed by atoms with Gasteiger partial charge in [-0.05, 0) is 31.5 Å². The minimum absolute atomic E-state index is 0.0872. The van der Waals surface area contributed by atoms with E-state index in [1.807, 2.05) is 19.9 Å². The second-order valence-corrected chi connectivity index (χ2v) is 7.29. The number of carbonyl (C=O) groups is 1. The zero-order chi connectivity index (χ0) is 13.5. The highest BCUT2D eigenvalue weighted by atomic mass is 35.5. The molecular weight excluding hydrogens is 293 g/mol. The Hall–Kier alpha value is -0.420. The normalized spacial score (nSPS) is 26.2. The van der Waals surface area contributed by atoms with Crippen molar-refractivity contribution in [1.29, 1.82) is 0 Å². The zero-order valence-corrected chi connectivity index (χ0v) is 12.2. The fraction of sp³-hybridized carbons (Fsp3) is 0.417. The summed E-state index contributed by atoms with van der Waals surface area (Å²) >= 11 is 13.4. The van der Waals surface area contributed by atoms with Gasteiger partial charge >= 0.3 is 5.97 Å². The number of carboxylic acid groups (broad SMARTS) is 1. The average Bonchev–Trinajstić information content (AvgIpc) is 2.58. The predicted octanol–water partition coefficient (Wildman–Crippen LogP) is 3.56. The number of nitrogens with one attached hydrogen (secondary N) is 1. The van der Waals surface area contributed by atoms with Gasteiger partial charge in [-0.1, -0.05) is 29.3 Å². The lowest BCUT2D eigenvalue weighted by Gasteiger charge is -2.20. The first-order valence-corrected chi connectivity index (χ1v) is 7.06. The number of hydrogen-bond donors (Lipinski definition) is 2. The Morgan fingerprint density at radius 2 is 2.06 bits per heavy atom. The van der Waals surface area contributed by atoms with Crippen molar-refractivity contribution < 1.29 is 9.90 Å². The molecule has 2 N–H and O–H groups in total. The molecule has 1 aliphatic rings. The molecule has 0 radical (unpaired) electrons. The van der Waals surface area contributed by atoms with Gasteiger partial charge < -0.3 is 5.11 Å². The molecule has 1 aromatic rings. The molecule has 18 heavy (non-hydrogen) atoms. The van der Waals surface area contributed by atoms with Gasteiger partial charge in [0.15, 0.2) is 0 Å². The van der Waals surface area contributed by atoms with Crippen molar-refractivity contribution in [3.8, 4) is 0 Å². The van der Waals surface area contributed by atoms with Gasteiger partial charge in [-0.15, -0.1) is 11.8 Å². The fourth-order valence-corrected chi connectivity index (χ4v) is 3.67. The van der Waals surface area contributed by atoms with Crippen molar-refractivity contribution in [3.63, 3.8) is 0 Å². The van der Waals surface area contributed by atoms with Crippen LogP contribution in [0.5, 0.6) is 0 Å². The monoisotopic (exact) mass is 305 g/mol. The minimum Gasteiger partial charge on any atom is -0.480 e. The number of rotatable bonds is 2. The van der Waals surface area contributed by atoms with Gasteiger partial charge in [-0.3, -0.25) is 10.1 Å². The lowest BCUT2D eigenvalue weighted by atomic mass is 10.0. The van der Waals surface area contributed by atoms with E-state index >= 15 is 0 Å². The van der Waals surface area contributed by atoms with E-state index in [0.29, 0.717) is 10.0 Å². The van der Waals surface area contributed by atoms with Gasteiger partial charge in [0.2, 0.25) is 0 Å². The van der Waals surface area contributed by atoms with E-state index in [9.17, 15) is 9.90 Å². The summed E-state index contributed by atoms with van der Waals surface area (Å²) in [4.78, 5) is 11.2. The molecule has 0 aliphatic carbocycles. The summed E-state index contributed by atoms with van der Waals surface area (Å²) in [6, 6.07) is 4.78. The Labute approximate surface area is 120 Å². The number of carboxylic acids is 1. The molecule has 1 unspecified atom stereocenters. The van der Waals surface area contributed by atoms with E-state index in [2.05, 4.69) is 5.32 Å². The van der Waals surface area contributed by atoms with Crippen LogP contribution in [0, 0.1) is 0 Å². The Morgan fingerprint density at radius 1 is 1.39 bits per heavy atom. The van der Waals surface area contributed by atoms with Crippen LogP contribution < -0.4 is 5.32 Å². The molecular formula is C12H13Cl2NO2S. The quantitative estimate of drug-likeness (QED) is 0.877. The molecule has 0 aromatic heterocycles. The molecule has 0 amide bonds. The Balaban J connectivity index is 2.26. The van der Waals surface area contributed by atoms with E-state index in [1.165, 1.54) is 0 Å². The van der Waals surface area contributed by atoms with Gasteiger partial charge in [0.25, 0.3) is 0 Å². The standard InChI is InChI=1S/C12H13Cl2NO2S/c1-12(2)9(11(16)17)15-10(18-12)6-3-4-7(13)8(14)5-6/h3-5,9-10,15H,1-2H3,(H,16,17)/t9-,10?/m0/s1. The Bertz CT molecular complexity index is 493. The van der Waals surface area contributed by atoms with E-state index in [4.69, 9.17) is 23.2 Å².